The van der Waals surface area contributed by atoms with Gasteiger partial charge in [0.05, 0.1) is 6.54 Å². The van der Waals surface area contributed by atoms with Gasteiger partial charge in [-0.05, 0) is 29.8 Å². The lowest BCUT2D eigenvalue weighted by molar-refractivity contribution is -0.120. The Hall–Kier alpha value is -1.76. The van der Waals surface area contributed by atoms with Crippen LogP contribution in [0.3, 0.4) is 0 Å². The maximum Gasteiger partial charge on any atom is 0.270 e. The molecule has 0 atom stereocenters. The molecule has 1 heterocycles. The highest BCUT2D eigenvalue weighted by Crippen LogP contribution is 2.14. The molecule has 25 heavy (non-hydrogen) atoms. The van der Waals surface area contributed by atoms with Crippen molar-refractivity contribution in [2.24, 2.45) is 0 Å². The highest BCUT2D eigenvalue weighted by atomic mass is 35.5. The van der Waals surface area contributed by atoms with Crippen molar-refractivity contribution in [1.82, 2.24) is 15.6 Å². The molecule has 0 unspecified atom stereocenters. The van der Waals surface area contributed by atoms with E-state index in [4.69, 9.17) is 23.2 Å². The Kier molecular flexibility index (Phi) is 8.04. The first-order valence-electron chi connectivity index (χ1n) is 7.53. The van der Waals surface area contributed by atoms with Gasteiger partial charge in [0.2, 0.25) is 5.91 Å². The summed E-state index contributed by atoms with van der Waals surface area (Å²) in [6, 6.07) is 10.7. The summed E-state index contributed by atoms with van der Waals surface area (Å²) in [5.74, 6) is 0.944. The van der Waals surface area contributed by atoms with Crippen LogP contribution >= 0.6 is 35.0 Å². The fourth-order valence-electron chi connectivity index (χ4n) is 1.88. The number of thioether (sulfide) groups is 1. The molecular weight excluding hydrogens is 381 g/mol. The lowest BCUT2D eigenvalue weighted by Crippen LogP contribution is -2.38. The summed E-state index contributed by atoms with van der Waals surface area (Å²) in [4.78, 5) is 27.5. The van der Waals surface area contributed by atoms with Crippen molar-refractivity contribution in [1.29, 1.82) is 0 Å². The normalized spacial score (nSPS) is 10.3. The zero-order valence-electron chi connectivity index (χ0n) is 13.3. The van der Waals surface area contributed by atoms with Crippen molar-refractivity contribution in [3.63, 3.8) is 0 Å². The summed E-state index contributed by atoms with van der Waals surface area (Å²) in [5, 5.41) is 6.40. The first-order chi connectivity index (χ1) is 12.0. The average Bonchev–Trinajstić information content (AvgIpc) is 2.61. The van der Waals surface area contributed by atoms with Crippen LogP contribution in [0.2, 0.25) is 10.0 Å². The number of hydrogen-bond acceptors (Lipinski definition) is 4. The van der Waals surface area contributed by atoms with Crippen LogP contribution in [0.25, 0.3) is 0 Å². The molecule has 0 aliphatic carbocycles. The Bertz CT molecular complexity index is 726. The number of aromatic nitrogens is 1. The fraction of sp³-hybridized carbons (Fsp3) is 0.235. The zero-order chi connectivity index (χ0) is 18.1. The Balaban J connectivity index is 1.59. The average molecular weight is 398 g/mol. The quantitative estimate of drug-likeness (QED) is 0.671. The molecule has 0 fully saturated rings. The Labute approximate surface area is 160 Å². The molecule has 132 valence electrons. The molecule has 2 N–H and O–H groups in total. The number of hydrogen-bond donors (Lipinski definition) is 2. The van der Waals surface area contributed by atoms with E-state index in [-0.39, 0.29) is 18.1 Å². The zero-order valence-corrected chi connectivity index (χ0v) is 15.6. The van der Waals surface area contributed by atoms with Gasteiger partial charge in [0.15, 0.2) is 0 Å². The molecule has 8 heteroatoms. The van der Waals surface area contributed by atoms with Gasteiger partial charge in [-0.3, -0.25) is 14.6 Å². The minimum Gasteiger partial charge on any atom is -0.354 e. The van der Waals surface area contributed by atoms with Crippen LogP contribution in [-0.4, -0.2) is 35.6 Å². The van der Waals surface area contributed by atoms with Crippen molar-refractivity contribution in [3.8, 4) is 0 Å². The lowest BCUT2D eigenvalue weighted by atomic mass is 10.2. The van der Waals surface area contributed by atoms with E-state index in [1.54, 1.807) is 17.8 Å². The highest BCUT2D eigenvalue weighted by molar-refractivity contribution is 7.98. The van der Waals surface area contributed by atoms with Gasteiger partial charge in [-0.25, -0.2) is 0 Å². The minimum atomic E-state index is -0.435. The van der Waals surface area contributed by atoms with E-state index in [0.717, 1.165) is 16.5 Å². The minimum absolute atomic E-state index is 0.102. The molecule has 1 aromatic heterocycles. The first kappa shape index (κ1) is 19.6. The second-order valence-electron chi connectivity index (χ2n) is 5.07. The van der Waals surface area contributed by atoms with Crippen molar-refractivity contribution in [2.45, 2.75) is 5.75 Å². The van der Waals surface area contributed by atoms with E-state index in [1.807, 2.05) is 24.3 Å². The molecule has 0 aliphatic rings. The summed E-state index contributed by atoms with van der Waals surface area (Å²) in [7, 11) is 0. The van der Waals surface area contributed by atoms with Crippen molar-refractivity contribution >= 4 is 46.8 Å². The van der Waals surface area contributed by atoms with E-state index in [9.17, 15) is 9.59 Å². The Morgan fingerprint density at radius 2 is 1.80 bits per heavy atom. The third-order valence-electron chi connectivity index (χ3n) is 3.11. The number of amides is 2. The molecule has 0 spiro atoms. The van der Waals surface area contributed by atoms with E-state index in [2.05, 4.69) is 15.6 Å². The largest absolute Gasteiger partial charge is 0.354 e. The van der Waals surface area contributed by atoms with E-state index in [1.165, 1.54) is 17.8 Å². The number of carbonyl (C=O) groups is 2. The van der Waals surface area contributed by atoms with Crippen LogP contribution in [0, 0.1) is 0 Å². The van der Waals surface area contributed by atoms with E-state index < -0.39 is 5.91 Å². The van der Waals surface area contributed by atoms with Crippen molar-refractivity contribution < 1.29 is 9.59 Å². The van der Waals surface area contributed by atoms with E-state index in [0.29, 0.717) is 11.6 Å². The number of benzene rings is 1. The fourth-order valence-corrected chi connectivity index (χ4v) is 2.98. The lowest BCUT2D eigenvalue weighted by Gasteiger charge is -2.07. The molecule has 2 aromatic rings. The molecule has 0 radical (unpaired) electrons. The van der Waals surface area contributed by atoms with Gasteiger partial charge in [-0.15, -0.1) is 0 Å². The van der Waals surface area contributed by atoms with Crippen LogP contribution in [0.5, 0.6) is 0 Å². The van der Waals surface area contributed by atoms with Gasteiger partial charge in [0.25, 0.3) is 5.91 Å². The van der Waals surface area contributed by atoms with Crippen LogP contribution in [0.1, 0.15) is 16.1 Å². The maximum absolute atomic E-state index is 11.8. The third kappa shape index (κ3) is 7.34. The van der Waals surface area contributed by atoms with Gasteiger partial charge >= 0.3 is 0 Å². The molecule has 0 aliphatic heterocycles. The molecule has 0 saturated heterocycles. The van der Waals surface area contributed by atoms with Crippen LogP contribution in [0.4, 0.5) is 0 Å². The Morgan fingerprint density at radius 1 is 1.04 bits per heavy atom. The number of nitrogens with zero attached hydrogens (tertiary/aromatic N) is 1. The van der Waals surface area contributed by atoms with Crippen LogP contribution < -0.4 is 10.6 Å². The molecule has 0 saturated carbocycles. The highest BCUT2D eigenvalue weighted by Gasteiger charge is 2.09. The molecular formula is C17H17Cl2N3O2S. The second kappa shape index (κ2) is 10.3. The number of halogens is 2. The summed E-state index contributed by atoms with van der Waals surface area (Å²) in [6.07, 6.45) is 1.44. The standard InChI is InChI=1S/C17H17Cl2N3O2S/c18-13-3-1-12(2-4-13)11-25-8-7-21-16(23)10-22-17(24)15-9-14(19)5-6-20-15/h1-6,9H,7-8,10-11H2,(H,21,23)(H,22,24). The van der Waals surface area contributed by atoms with E-state index >= 15 is 0 Å². The predicted octanol–water partition coefficient (Wildman–Crippen LogP) is 3.17. The van der Waals surface area contributed by atoms with Gasteiger partial charge in [-0.1, -0.05) is 35.3 Å². The number of pyridine rings is 1. The smallest absolute Gasteiger partial charge is 0.270 e. The molecule has 5 nitrogen and oxygen atoms in total. The van der Waals surface area contributed by atoms with Crippen molar-refractivity contribution in [3.05, 3.63) is 63.9 Å². The predicted molar refractivity (Wildman–Crippen MR) is 102 cm³/mol. The molecule has 0 bridgehead atoms. The van der Waals surface area contributed by atoms with Crippen LogP contribution in [-0.2, 0) is 10.5 Å². The monoisotopic (exact) mass is 397 g/mol. The topological polar surface area (TPSA) is 71.1 Å². The summed E-state index contributed by atoms with van der Waals surface area (Å²) >= 11 is 13.3. The first-order valence-corrected chi connectivity index (χ1v) is 9.44. The molecule has 2 rings (SSSR count). The maximum atomic E-state index is 11.8. The van der Waals surface area contributed by atoms with Gasteiger partial charge < -0.3 is 10.6 Å². The number of rotatable bonds is 8. The van der Waals surface area contributed by atoms with Crippen molar-refractivity contribution in [2.75, 3.05) is 18.8 Å². The summed E-state index contributed by atoms with van der Waals surface area (Å²) in [6.45, 7) is 0.428. The molecule has 2 amide bonds. The number of nitrogens with one attached hydrogen (secondary N) is 2. The third-order valence-corrected chi connectivity index (χ3v) is 4.63. The van der Waals surface area contributed by atoms with Gasteiger partial charge in [-0.2, -0.15) is 11.8 Å². The Morgan fingerprint density at radius 3 is 2.52 bits per heavy atom. The molecule has 1 aromatic carbocycles. The van der Waals surface area contributed by atoms with Crippen LogP contribution in [0.15, 0.2) is 42.6 Å². The summed E-state index contributed by atoms with van der Waals surface area (Å²) in [5.41, 5.74) is 1.36. The summed E-state index contributed by atoms with van der Waals surface area (Å²) < 4.78 is 0. The van der Waals surface area contributed by atoms with Gasteiger partial charge in [0.1, 0.15) is 5.69 Å². The SMILES string of the molecule is O=C(CNC(=O)c1cc(Cl)ccn1)NCCSCc1ccc(Cl)cc1. The second-order valence-corrected chi connectivity index (χ2v) is 7.05. The number of carbonyl (C=O) groups excluding carboxylic acids is 2. The van der Waals surface area contributed by atoms with Gasteiger partial charge in [0, 0.05) is 34.3 Å².